The Morgan fingerprint density at radius 3 is 2.67 bits per heavy atom. The number of ether oxygens (including phenoxy) is 1. The van der Waals surface area contributed by atoms with Gasteiger partial charge in [-0.2, -0.15) is 0 Å². The van der Waals surface area contributed by atoms with Crippen LogP contribution in [0.5, 0.6) is 5.75 Å². The molecule has 0 unspecified atom stereocenters. The van der Waals surface area contributed by atoms with E-state index < -0.39 is 0 Å². The zero-order valence-electron chi connectivity index (χ0n) is 12.4. The van der Waals surface area contributed by atoms with Crippen molar-refractivity contribution in [1.82, 2.24) is 0 Å². The molecule has 0 radical (unpaired) electrons. The van der Waals surface area contributed by atoms with E-state index in [-0.39, 0.29) is 0 Å². The Bertz CT molecular complexity index is 817. The minimum atomic E-state index is 0.907. The average molecular weight is 295 g/mol. The topological polar surface area (TPSA) is 21.6 Å². The summed E-state index contributed by atoms with van der Waals surface area (Å²) in [6.07, 6.45) is 1.90. The summed E-state index contributed by atoms with van der Waals surface area (Å²) in [6, 6.07) is 14.6. The summed E-state index contributed by atoms with van der Waals surface area (Å²) in [7, 11) is 1.71. The lowest BCUT2D eigenvalue weighted by Crippen LogP contribution is -1.85. The maximum absolute atomic E-state index is 5.56. The monoisotopic (exact) mass is 295 g/mol. The number of hydrogen-bond acceptors (Lipinski definition) is 3. The van der Waals surface area contributed by atoms with Crippen molar-refractivity contribution in [2.45, 2.75) is 13.8 Å². The Labute approximate surface area is 128 Å². The van der Waals surface area contributed by atoms with Gasteiger partial charge in [-0.25, -0.2) is 0 Å². The highest BCUT2D eigenvalue weighted by molar-refractivity contribution is 7.21. The van der Waals surface area contributed by atoms with E-state index in [1.54, 1.807) is 18.4 Å². The molecule has 0 aliphatic rings. The highest BCUT2D eigenvalue weighted by Gasteiger charge is 2.10. The fraction of sp³-hybridized carbons (Fsp3) is 0.167. The van der Waals surface area contributed by atoms with Crippen LogP contribution in [-0.4, -0.2) is 13.3 Å². The smallest absolute Gasteiger partial charge is 0.146 e. The number of fused-ring (bicyclic) bond motifs is 1. The van der Waals surface area contributed by atoms with Gasteiger partial charge in [0.05, 0.1) is 17.7 Å². The Balaban J connectivity index is 2.03. The molecule has 3 aromatic rings. The third kappa shape index (κ3) is 2.69. The fourth-order valence-corrected chi connectivity index (χ4v) is 3.46. The number of aliphatic imine (C=N–C) groups is 1. The maximum atomic E-state index is 5.56. The van der Waals surface area contributed by atoms with Crippen molar-refractivity contribution >= 4 is 33.3 Å². The molecule has 0 spiro atoms. The van der Waals surface area contributed by atoms with Gasteiger partial charge in [0.2, 0.25) is 0 Å². The van der Waals surface area contributed by atoms with Gasteiger partial charge in [0.1, 0.15) is 5.75 Å². The standard InChI is InChI=1S/C18H17NOS/c1-12-8-9-15(13(2)10-12)19-11-17-18(20-3)14-6-4-5-7-16(14)21-17/h4-11H,1-3H3. The Hall–Kier alpha value is -2.13. The molecule has 0 bridgehead atoms. The number of rotatable bonds is 3. The van der Waals surface area contributed by atoms with E-state index in [9.17, 15) is 0 Å². The van der Waals surface area contributed by atoms with E-state index in [1.165, 1.54) is 15.8 Å². The molecule has 0 saturated carbocycles. The van der Waals surface area contributed by atoms with Crippen LogP contribution >= 0.6 is 11.3 Å². The van der Waals surface area contributed by atoms with Crippen molar-refractivity contribution in [3.05, 3.63) is 58.5 Å². The molecular formula is C18H17NOS. The molecule has 3 heteroatoms. The van der Waals surface area contributed by atoms with Crippen molar-refractivity contribution < 1.29 is 4.74 Å². The molecule has 1 heterocycles. The maximum Gasteiger partial charge on any atom is 0.146 e. The Morgan fingerprint density at radius 1 is 1.10 bits per heavy atom. The van der Waals surface area contributed by atoms with Gasteiger partial charge >= 0.3 is 0 Å². The summed E-state index contributed by atoms with van der Waals surface area (Å²) in [4.78, 5) is 5.68. The fourth-order valence-electron chi connectivity index (χ4n) is 2.41. The zero-order chi connectivity index (χ0) is 14.8. The van der Waals surface area contributed by atoms with Crippen molar-refractivity contribution in [3.8, 4) is 5.75 Å². The van der Waals surface area contributed by atoms with Crippen molar-refractivity contribution in [3.63, 3.8) is 0 Å². The van der Waals surface area contributed by atoms with E-state index >= 15 is 0 Å². The van der Waals surface area contributed by atoms with Gasteiger partial charge in [0, 0.05) is 16.3 Å². The van der Waals surface area contributed by atoms with Gasteiger partial charge in [-0.05, 0) is 37.6 Å². The normalized spacial score (nSPS) is 11.4. The first-order valence-corrected chi connectivity index (χ1v) is 7.67. The lowest BCUT2D eigenvalue weighted by molar-refractivity contribution is 0.421. The lowest BCUT2D eigenvalue weighted by Gasteiger charge is -2.01. The third-order valence-electron chi connectivity index (χ3n) is 3.45. The lowest BCUT2D eigenvalue weighted by atomic mass is 10.1. The second-order valence-electron chi connectivity index (χ2n) is 5.04. The minimum absolute atomic E-state index is 0.907. The third-order valence-corrected chi connectivity index (χ3v) is 4.54. The number of aryl methyl sites for hydroxylation is 2. The molecule has 0 fully saturated rings. The van der Waals surface area contributed by atoms with Gasteiger partial charge in [-0.15, -0.1) is 11.3 Å². The summed E-state index contributed by atoms with van der Waals surface area (Å²) >= 11 is 1.70. The number of benzene rings is 2. The molecule has 0 aliphatic heterocycles. The first kappa shape index (κ1) is 13.8. The van der Waals surface area contributed by atoms with E-state index in [4.69, 9.17) is 4.74 Å². The van der Waals surface area contributed by atoms with Crippen LogP contribution in [0.15, 0.2) is 47.5 Å². The molecule has 2 aromatic carbocycles. The highest BCUT2D eigenvalue weighted by Crippen LogP contribution is 2.36. The predicted octanol–water partition coefficient (Wildman–Crippen LogP) is 5.28. The molecule has 1 aromatic heterocycles. The minimum Gasteiger partial charge on any atom is -0.495 e. The van der Waals surface area contributed by atoms with Crippen LogP contribution in [-0.2, 0) is 0 Å². The Kier molecular flexibility index (Phi) is 3.76. The average Bonchev–Trinajstić information content (AvgIpc) is 2.83. The summed E-state index contributed by atoms with van der Waals surface area (Å²) in [5.41, 5.74) is 3.44. The summed E-state index contributed by atoms with van der Waals surface area (Å²) in [5.74, 6) is 0.907. The second kappa shape index (κ2) is 5.70. The molecule has 3 rings (SSSR count). The second-order valence-corrected chi connectivity index (χ2v) is 6.13. The van der Waals surface area contributed by atoms with Crippen LogP contribution in [0.3, 0.4) is 0 Å². The van der Waals surface area contributed by atoms with Crippen LogP contribution in [0.2, 0.25) is 0 Å². The van der Waals surface area contributed by atoms with Gasteiger partial charge in [-0.3, -0.25) is 4.99 Å². The van der Waals surface area contributed by atoms with Crippen LogP contribution in [0.25, 0.3) is 10.1 Å². The van der Waals surface area contributed by atoms with Gasteiger partial charge in [0.25, 0.3) is 0 Å². The molecule has 0 amide bonds. The molecule has 0 aliphatic carbocycles. The van der Waals surface area contributed by atoms with Crippen molar-refractivity contribution in [2.75, 3.05) is 7.11 Å². The summed E-state index contributed by atoms with van der Waals surface area (Å²) < 4.78 is 6.77. The SMILES string of the molecule is COc1c(C=Nc2ccc(C)cc2C)sc2ccccc12. The molecule has 21 heavy (non-hydrogen) atoms. The van der Waals surface area contributed by atoms with E-state index in [2.05, 4.69) is 49.2 Å². The molecule has 2 nitrogen and oxygen atoms in total. The van der Waals surface area contributed by atoms with E-state index in [0.29, 0.717) is 0 Å². The zero-order valence-corrected chi connectivity index (χ0v) is 13.2. The van der Waals surface area contributed by atoms with Crippen LogP contribution in [0, 0.1) is 13.8 Å². The van der Waals surface area contributed by atoms with Gasteiger partial charge in [-0.1, -0.05) is 29.8 Å². The van der Waals surface area contributed by atoms with Crippen molar-refractivity contribution in [1.29, 1.82) is 0 Å². The first-order chi connectivity index (χ1) is 10.2. The van der Waals surface area contributed by atoms with Crippen LogP contribution in [0.4, 0.5) is 5.69 Å². The first-order valence-electron chi connectivity index (χ1n) is 6.86. The van der Waals surface area contributed by atoms with E-state index in [0.717, 1.165) is 21.7 Å². The molecule has 0 saturated heterocycles. The molecule has 0 N–H and O–H groups in total. The van der Waals surface area contributed by atoms with Crippen LogP contribution < -0.4 is 4.74 Å². The quantitative estimate of drug-likeness (QED) is 0.603. The van der Waals surface area contributed by atoms with E-state index in [1.807, 2.05) is 18.3 Å². The highest BCUT2D eigenvalue weighted by atomic mass is 32.1. The van der Waals surface area contributed by atoms with Crippen LogP contribution in [0.1, 0.15) is 16.0 Å². The summed E-state index contributed by atoms with van der Waals surface area (Å²) in [5, 5.41) is 1.15. The van der Waals surface area contributed by atoms with Gasteiger partial charge in [0.15, 0.2) is 0 Å². The number of methoxy groups -OCH3 is 1. The predicted molar refractivity (Wildman–Crippen MR) is 91.5 cm³/mol. The number of thiophene rings is 1. The molecular weight excluding hydrogens is 278 g/mol. The Morgan fingerprint density at radius 2 is 1.90 bits per heavy atom. The number of nitrogens with zero attached hydrogens (tertiary/aromatic N) is 1. The summed E-state index contributed by atoms with van der Waals surface area (Å²) in [6.45, 7) is 4.18. The number of hydrogen-bond donors (Lipinski definition) is 0. The van der Waals surface area contributed by atoms with Crippen molar-refractivity contribution in [2.24, 2.45) is 4.99 Å². The molecule has 106 valence electrons. The molecule has 0 atom stereocenters. The van der Waals surface area contributed by atoms with Gasteiger partial charge < -0.3 is 4.74 Å². The largest absolute Gasteiger partial charge is 0.495 e.